The Morgan fingerprint density at radius 1 is 1.03 bits per heavy atom. The number of esters is 1. The lowest BCUT2D eigenvalue weighted by atomic mass is 9.88. The van der Waals surface area contributed by atoms with Crippen LogP contribution in [0.4, 0.5) is 0 Å². The Bertz CT molecular complexity index is 1170. The molecule has 31 heavy (non-hydrogen) atoms. The van der Waals surface area contributed by atoms with Gasteiger partial charge in [0.2, 0.25) is 11.9 Å². The van der Waals surface area contributed by atoms with Crippen molar-refractivity contribution in [3.05, 3.63) is 57.9 Å². The van der Waals surface area contributed by atoms with Gasteiger partial charge in [-0.1, -0.05) is 12.1 Å². The van der Waals surface area contributed by atoms with Gasteiger partial charge < -0.3 is 28.1 Å². The van der Waals surface area contributed by atoms with Gasteiger partial charge in [-0.05, 0) is 36.8 Å². The second kappa shape index (κ2) is 8.22. The number of carbonyl (C=O) groups is 1. The molecule has 2 atom stereocenters. The lowest BCUT2D eigenvalue weighted by Gasteiger charge is -2.20. The Labute approximate surface area is 178 Å². The number of methoxy groups -OCH3 is 3. The lowest BCUT2D eigenvalue weighted by molar-refractivity contribution is -0.151. The minimum atomic E-state index is -1.08. The highest BCUT2D eigenvalue weighted by Gasteiger charge is 2.45. The molecule has 0 amide bonds. The van der Waals surface area contributed by atoms with E-state index < -0.39 is 23.6 Å². The van der Waals surface area contributed by atoms with Gasteiger partial charge in [-0.25, -0.2) is 9.59 Å². The number of ether oxygens (including phenoxy) is 5. The molecule has 4 rings (SSSR count). The first kappa shape index (κ1) is 20.6. The number of rotatable bonds is 6. The molecule has 0 spiro atoms. The maximum absolute atomic E-state index is 13.0. The van der Waals surface area contributed by atoms with Crippen LogP contribution in [-0.2, 0) is 9.53 Å². The summed E-state index contributed by atoms with van der Waals surface area (Å²) < 4.78 is 33.1. The van der Waals surface area contributed by atoms with E-state index in [0.717, 1.165) is 0 Å². The van der Waals surface area contributed by atoms with Crippen LogP contribution in [0.5, 0.6) is 23.0 Å². The summed E-state index contributed by atoms with van der Waals surface area (Å²) in [6, 6.07) is 10.4. The molecule has 2 aromatic carbocycles. The summed E-state index contributed by atoms with van der Waals surface area (Å²) >= 11 is 0. The molecule has 0 fully saturated rings. The van der Waals surface area contributed by atoms with Crippen molar-refractivity contribution in [2.75, 3.05) is 27.9 Å². The Hall–Kier alpha value is -3.68. The Balaban J connectivity index is 1.98. The van der Waals surface area contributed by atoms with Gasteiger partial charge in [-0.3, -0.25) is 0 Å². The fourth-order valence-corrected chi connectivity index (χ4v) is 3.91. The van der Waals surface area contributed by atoms with Crippen molar-refractivity contribution in [2.24, 2.45) is 0 Å². The summed E-state index contributed by atoms with van der Waals surface area (Å²) in [6.07, 6.45) is -1.08. The van der Waals surface area contributed by atoms with Crippen molar-refractivity contribution in [1.82, 2.24) is 0 Å². The largest absolute Gasteiger partial charge is 0.493 e. The molecule has 8 nitrogen and oxygen atoms in total. The Morgan fingerprint density at radius 2 is 1.71 bits per heavy atom. The van der Waals surface area contributed by atoms with Gasteiger partial charge in [0.25, 0.3) is 0 Å². The van der Waals surface area contributed by atoms with Crippen LogP contribution >= 0.6 is 0 Å². The number of para-hydroxylation sites is 1. The molecule has 8 heteroatoms. The molecule has 0 saturated heterocycles. The van der Waals surface area contributed by atoms with Gasteiger partial charge in [0.15, 0.2) is 11.5 Å². The molecule has 0 N–H and O–H groups in total. The SMILES string of the molecule is CCOC(=O)[C@H]1Oc2c(c(=O)oc3ccccc23)[C@@H]1c1cc(OC)c(OC)c(OC)c1. The molecule has 2 heterocycles. The Kier molecular flexibility index (Phi) is 5.46. The maximum Gasteiger partial charge on any atom is 0.348 e. The van der Waals surface area contributed by atoms with Crippen molar-refractivity contribution in [3.63, 3.8) is 0 Å². The van der Waals surface area contributed by atoms with Crippen molar-refractivity contribution in [3.8, 4) is 23.0 Å². The third-order valence-electron chi connectivity index (χ3n) is 5.22. The summed E-state index contributed by atoms with van der Waals surface area (Å²) in [6.45, 7) is 1.88. The second-order valence-corrected chi connectivity index (χ2v) is 6.86. The van der Waals surface area contributed by atoms with E-state index in [2.05, 4.69) is 0 Å². The molecule has 3 aromatic rings. The van der Waals surface area contributed by atoms with Crippen LogP contribution in [0.2, 0.25) is 0 Å². The number of fused-ring (bicyclic) bond motifs is 3. The minimum Gasteiger partial charge on any atom is -0.493 e. The quantitative estimate of drug-likeness (QED) is 0.438. The molecule has 162 valence electrons. The summed E-state index contributed by atoms with van der Waals surface area (Å²) in [5, 5.41) is 0.598. The number of hydrogen-bond acceptors (Lipinski definition) is 8. The van der Waals surface area contributed by atoms with Gasteiger partial charge >= 0.3 is 11.6 Å². The highest BCUT2D eigenvalue weighted by Crippen LogP contribution is 2.48. The summed E-state index contributed by atoms with van der Waals surface area (Å²) in [5.41, 5.74) is 0.596. The van der Waals surface area contributed by atoms with E-state index in [1.165, 1.54) is 21.3 Å². The van der Waals surface area contributed by atoms with Crippen molar-refractivity contribution in [1.29, 1.82) is 0 Å². The molecule has 1 aromatic heterocycles. The van der Waals surface area contributed by atoms with Gasteiger partial charge in [0, 0.05) is 0 Å². The van der Waals surface area contributed by atoms with E-state index in [-0.39, 0.29) is 12.2 Å². The number of benzene rings is 2. The fraction of sp³-hybridized carbons (Fsp3) is 0.304. The van der Waals surface area contributed by atoms with E-state index in [9.17, 15) is 9.59 Å². The zero-order valence-corrected chi connectivity index (χ0v) is 17.6. The smallest absolute Gasteiger partial charge is 0.348 e. The van der Waals surface area contributed by atoms with Gasteiger partial charge in [-0.2, -0.15) is 0 Å². The molecule has 0 bridgehead atoms. The molecular formula is C23H22O8. The maximum atomic E-state index is 13.0. The van der Waals surface area contributed by atoms with Crippen LogP contribution in [-0.4, -0.2) is 40.0 Å². The van der Waals surface area contributed by atoms with E-state index in [1.54, 1.807) is 43.3 Å². The van der Waals surface area contributed by atoms with Gasteiger partial charge in [0.05, 0.1) is 44.8 Å². The zero-order valence-electron chi connectivity index (χ0n) is 17.6. The van der Waals surface area contributed by atoms with Crippen LogP contribution < -0.4 is 24.6 Å². The predicted molar refractivity (Wildman–Crippen MR) is 111 cm³/mol. The number of carbonyl (C=O) groups excluding carboxylic acids is 1. The molecule has 0 aliphatic carbocycles. The minimum absolute atomic E-state index is 0.173. The molecule has 0 saturated carbocycles. The Morgan fingerprint density at radius 3 is 2.32 bits per heavy atom. The van der Waals surface area contributed by atoms with E-state index in [4.69, 9.17) is 28.1 Å². The van der Waals surface area contributed by atoms with Crippen LogP contribution in [0.15, 0.2) is 45.6 Å². The first-order valence-electron chi connectivity index (χ1n) is 9.72. The predicted octanol–water partition coefficient (Wildman–Crippen LogP) is 3.27. The number of hydrogen-bond donors (Lipinski definition) is 0. The van der Waals surface area contributed by atoms with Crippen LogP contribution in [0.25, 0.3) is 11.0 Å². The van der Waals surface area contributed by atoms with E-state index >= 15 is 0 Å². The summed E-state index contributed by atoms with van der Waals surface area (Å²) in [4.78, 5) is 25.8. The molecule has 1 aliphatic rings. The summed E-state index contributed by atoms with van der Waals surface area (Å²) in [7, 11) is 4.48. The monoisotopic (exact) mass is 426 g/mol. The summed E-state index contributed by atoms with van der Waals surface area (Å²) in [5.74, 6) is 0.107. The highest BCUT2D eigenvalue weighted by atomic mass is 16.6. The zero-order chi connectivity index (χ0) is 22.1. The van der Waals surface area contributed by atoms with Crippen molar-refractivity contribution in [2.45, 2.75) is 18.9 Å². The van der Waals surface area contributed by atoms with Gasteiger partial charge in [0.1, 0.15) is 11.3 Å². The first-order chi connectivity index (χ1) is 15.0. The van der Waals surface area contributed by atoms with E-state index in [0.29, 0.717) is 39.5 Å². The fourth-order valence-electron chi connectivity index (χ4n) is 3.91. The van der Waals surface area contributed by atoms with Crippen molar-refractivity contribution >= 4 is 16.9 Å². The lowest BCUT2D eigenvalue weighted by Crippen LogP contribution is -2.32. The van der Waals surface area contributed by atoms with E-state index in [1.807, 2.05) is 0 Å². The van der Waals surface area contributed by atoms with Crippen LogP contribution in [0, 0.1) is 0 Å². The average molecular weight is 426 g/mol. The normalized spacial score (nSPS) is 17.0. The highest BCUT2D eigenvalue weighted by molar-refractivity contribution is 5.88. The third-order valence-corrected chi connectivity index (χ3v) is 5.22. The molecular weight excluding hydrogens is 404 g/mol. The average Bonchev–Trinajstić information content (AvgIpc) is 3.20. The third kappa shape index (κ3) is 3.34. The molecule has 1 aliphatic heterocycles. The van der Waals surface area contributed by atoms with Gasteiger partial charge in [-0.15, -0.1) is 0 Å². The standard InChI is InChI=1S/C23H22O8/c1-5-29-23(25)21-17(12-10-15(26-2)20(28-4)16(11-12)27-3)18-19(31-21)13-8-6-7-9-14(13)30-22(18)24/h6-11,17,21H,5H2,1-4H3/t17-,21-/m0/s1. The molecule has 0 unspecified atom stereocenters. The first-order valence-corrected chi connectivity index (χ1v) is 9.72. The topological polar surface area (TPSA) is 93.4 Å². The van der Waals surface area contributed by atoms with Crippen molar-refractivity contribution < 1.29 is 32.9 Å². The molecule has 0 radical (unpaired) electrons. The second-order valence-electron chi connectivity index (χ2n) is 6.86. The van der Waals surface area contributed by atoms with Crippen LogP contribution in [0.3, 0.4) is 0 Å². The van der Waals surface area contributed by atoms with Crippen LogP contribution in [0.1, 0.15) is 24.0 Å².